The lowest BCUT2D eigenvalue weighted by molar-refractivity contribution is 0.0567. The Morgan fingerprint density at radius 2 is 0.893 bits per heavy atom. The van der Waals surface area contributed by atoms with E-state index in [0.717, 1.165) is 132 Å². The molecule has 0 spiro atoms. The minimum absolute atomic E-state index is 0.152. The van der Waals surface area contributed by atoms with E-state index < -0.39 is 11.2 Å². The number of rotatable bonds is 14. The molecule has 0 fully saturated rings. The van der Waals surface area contributed by atoms with E-state index >= 15 is 0 Å². The van der Waals surface area contributed by atoms with Crippen LogP contribution in [0.25, 0.3) is 22.3 Å². The summed E-state index contributed by atoms with van der Waals surface area (Å²) in [6.45, 7) is 18.7. The number of benzene rings is 3. The van der Waals surface area contributed by atoms with E-state index in [0.29, 0.717) is 32.4 Å². The van der Waals surface area contributed by atoms with E-state index in [-0.39, 0.29) is 29.5 Å². The summed E-state index contributed by atoms with van der Waals surface area (Å²) in [5.74, 6) is 0.597. The number of carbonyl (C=O) groups excluding carboxylic acids is 5. The van der Waals surface area contributed by atoms with Crippen molar-refractivity contribution in [1.29, 1.82) is 0 Å². The van der Waals surface area contributed by atoms with E-state index in [9.17, 15) is 24.0 Å². The lowest BCUT2D eigenvalue weighted by atomic mass is 9.83. The first-order valence-electron chi connectivity index (χ1n) is 27.4. The van der Waals surface area contributed by atoms with Gasteiger partial charge in [0.15, 0.2) is 17.3 Å². The van der Waals surface area contributed by atoms with Gasteiger partial charge in [-0.25, -0.2) is 9.59 Å². The molecular weight excluding hydrogens is 1000 g/mol. The van der Waals surface area contributed by atoms with Gasteiger partial charge in [0.05, 0.1) is 11.4 Å². The Bertz CT molecular complexity index is 2780. The molecule has 3 aromatic carbocycles. The van der Waals surface area contributed by atoms with Crippen LogP contribution in [-0.4, -0.2) is 63.8 Å². The lowest BCUT2D eigenvalue weighted by Crippen LogP contribution is -2.40. The molecule has 1 aliphatic carbocycles. The van der Waals surface area contributed by atoms with Gasteiger partial charge in [0, 0.05) is 83.9 Å². The Balaban J connectivity index is 0.000000185. The number of fused-ring (bicyclic) bond motifs is 3. The molecule has 75 heavy (non-hydrogen) atoms. The van der Waals surface area contributed by atoms with Crippen LogP contribution in [0, 0.1) is 0 Å². The van der Waals surface area contributed by atoms with Gasteiger partial charge >= 0.3 is 12.2 Å². The zero-order valence-corrected chi connectivity index (χ0v) is 47.6. The fourth-order valence-electron chi connectivity index (χ4n) is 9.77. The highest BCUT2D eigenvalue weighted by Gasteiger charge is 2.32. The largest absolute Gasteiger partial charge is 0.443 e. The average Bonchev–Trinajstić information content (AvgIpc) is 3.39. The Hall–Kier alpha value is -6.01. The van der Waals surface area contributed by atoms with Gasteiger partial charge in [-0.15, -0.1) is 0 Å². The zero-order chi connectivity index (χ0) is 54.3. The van der Waals surface area contributed by atoms with Gasteiger partial charge in [-0.2, -0.15) is 0 Å². The topological polar surface area (TPSA) is 136 Å². The normalized spacial score (nSPS) is 13.9. The number of hydrogen-bond donors (Lipinski definition) is 0. The molecule has 5 aromatic rings. The fraction of sp³-hybridized carbons (Fsp3) is 0.476. The minimum atomic E-state index is -0.568. The van der Waals surface area contributed by atoms with Gasteiger partial charge in [-0.1, -0.05) is 40.0 Å². The zero-order valence-electron chi connectivity index (χ0n) is 46.0. The van der Waals surface area contributed by atoms with Crippen molar-refractivity contribution in [3.8, 4) is 22.3 Å². The molecule has 4 heterocycles. The molecule has 0 N–H and O–H groups in total. The average molecular weight is 1080 g/mol. The van der Waals surface area contributed by atoms with Gasteiger partial charge in [-0.05, 0) is 228 Å². The molecule has 3 aliphatic rings. The summed E-state index contributed by atoms with van der Waals surface area (Å²) in [4.78, 5) is 74.6. The van der Waals surface area contributed by atoms with Crippen LogP contribution in [0.5, 0.6) is 0 Å². The molecule has 0 saturated carbocycles. The van der Waals surface area contributed by atoms with Crippen LogP contribution in [0.3, 0.4) is 0 Å². The van der Waals surface area contributed by atoms with E-state index in [4.69, 9.17) is 9.47 Å². The van der Waals surface area contributed by atoms with Crippen LogP contribution in [0.4, 0.5) is 21.0 Å². The third kappa shape index (κ3) is 16.2. The van der Waals surface area contributed by atoms with Crippen molar-refractivity contribution in [2.45, 2.75) is 183 Å². The highest BCUT2D eigenvalue weighted by Crippen LogP contribution is 2.41. The molecule has 0 bridgehead atoms. The maximum atomic E-state index is 12.9. The van der Waals surface area contributed by atoms with Crippen LogP contribution >= 0.6 is 15.9 Å². The quantitative estimate of drug-likeness (QED) is 0.0996. The monoisotopic (exact) mass is 1080 g/mol. The predicted molar refractivity (Wildman–Crippen MR) is 305 cm³/mol. The highest BCUT2D eigenvalue weighted by molar-refractivity contribution is 9.10. The van der Waals surface area contributed by atoms with E-state index in [1.807, 2.05) is 102 Å². The molecule has 0 saturated heterocycles. The number of halogens is 1. The number of ketones is 3. The number of hydrogen-bond acceptors (Lipinski definition) is 9. The maximum absolute atomic E-state index is 12.9. The van der Waals surface area contributed by atoms with Crippen molar-refractivity contribution in [3.63, 3.8) is 0 Å². The number of aromatic nitrogens is 2. The van der Waals surface area contributed by atoms with Crippen LogP contribution in [-0.2, 0) is 35.2 Å². The smallest absolute Gasteiger partial charge is 0.414 e. The lowest BCUT2D eigenvalue weighted by Gasteiger charge is -2.33. The summed E-state index contributed by atoms with van der Waals surface area (Å²) >= 11 is 3.56. The highest BCUT2D eigenvalue weighted by atomic mass is 79.9. The van der Waals surface area contributed by atoms with E-state index in [2.05, 4.69) is 58.8 Å². The molecule has 400 valence electrons. The molecule has 8 rings (SSSR count). The number of aryl methyl sites for hydroxylation is 3. The van der Waals surface area contributed by atoms with Crippen LogP contribution in [0.2, 0.25) is 0 Å². The summed E-state index contributed by atoms with van der Waals surface area (Å²) in [5, 5.41) is 0. The van der Waals surface area contributed by atoms with Gasteiger partial charge in [0.2, 0.25) is 0 Å². The van der Waals surface area contributed by atoms with Crippen LogP contribution < -0.4 is 9.80 Å². The summed E-state index contributed by atoms with van der Waals surface area (Å²) in [5.41, 5.74) is 12.0. The predicted octanol–water partition coefficient (Wildman–Crippen LogP) is 16.3. The third-order valence-electron chi connectivity index (χ3n) is 13.4. The van der Waals surface area contributed by atoms with Crippen LogP contribution in [0.1, 0.15) is 199 Å². The first kappa shape index (κ1) is 58.3. The van der Waals surface area contributed by atoms with Crippen molar-refractivity contribution in [1.82, 2.24) is 9.97 Å². The van der Waals surface area contributed by atoms with Gasteiger partial charge in [0.1, 0.15) is 11.2 Å². The molecule has 2 amide bonds. The van der Waals surface area contributed by atoms with Gasteiger partial charge < -0.3 is 9.47 Å². The molecule has 11 nitrogen and oxygen atoms in total. The molecule has 12 heteroatoms. The Morgan fingerprint density at radius 1 is 0.507 bits per heavy atom. The third-order valence-corrected chi connectivity index (χ3v) is 14.0. The van der Waals surface area contributed by atoms with Crippen LogP contribution in [0.15, 0.2) is 89.9 Å². The molecule has 0 unspecified atom stereocenters. The number of unbranched alkanes of at least 4 members (excludes halogenated alkanes) is 3. The second-order valence-electron chi connectivity index (χ2n) is 21.9. The molecule has 0 radical (unpaired) electrons. The summed E-state index contributed by atoms with van der Waals surface area (Å²) in [6.07, 6.45) is 22.1. The van der Waals surface area contributed by atoms with E-state index in [1.54, 1.807) is 22.2 Å². The molecular formula is C63H79BrN4O7. The summed E-state index contributed by atoms with van der Waals surface area (Å²) < 4.78 is 12.0. The van der Waals surface area contributed by atoms with Crippen molar-refractivity contribution < 1.29 is 33.4 Å². The Labute approximate surface area is 454 Å². The van der Waals surface area contributed by atoms with Gasteiger partial charge in [-0.3, -0.25) is 34.2 Å². The summed E-state index contributed by atoms with van der Waals surface area (Å²) in [6, 6.07) is 19.8. The molecule has 0 atom stereocenters. The van der Waals surface area contributed by atoms with Gasteiger partial charge in [0.25, 0.3) is 0 Å². The first-order valence-corrected chi connectivity index (χ1v) is 28.2. The van der Waals surface area contributed by atoms with Crippen molar-refractivity contribution in [3.05, 3.63) is 129 Å². The number of amides is 2. The number of carbonyl (C=O) groups is 5. The maximum Gasteiger partial charge on any atom is 0.414 e. The first-order chi connectivity index (χ1) is 35.8. The number of anilines is 2. The SMILES string of the molecule is CCCCC(=O)c1cc(Br)c2c(c1)CCCN2C(=O)OC(C)(C)C.CCCCC(=O)c1cc2c(c(-c3ccncc3)c1)CCCC2.CCCCC(=O)c1cc2c(c(-c3ccncc3)c1)N(C(=O)OC(C)(C)C)CCC2. The Morgan fingerprint density at radius 3 is 1.36 bits per heavy atom. The Kier molecular flexibility index (Phi) is 21.1. The number of ether oxygens (including phenoxy) is 2. The standard InChI is InChI=1S/C24H30N2O3.C20H23NO.C19H26BrNO3/c1-5-6-9-21(27)19-15-18-8-7-14-26(23(28)29-24(2,3)4)22(18)20(16-19)17-10-12-25-13-11-17;1-2-3-8-20(22)17-13-16-6-4-5-7-18(16)19(14-17)15-9-11-21-12-10-15;1-5-6-9-16(22)14-11-13-8-7-10-21(17(13)15(20)12-14)18(23)24-19(2,3)4/h10-13,15-16H,5-9,14H2,1-4H3;9-14H,2-8H2,1H3;11-12H,5-10H2,1-4H3. The fourth-order valence-corrected chi connectivity index (χ4v) is 10.5. The van der Waals surface area contributed by atoms with Crippen molar-refractivity contribution in [2.75, 3.05) is 22.9 Å². The number of nitrogens with zero attached hydrogens (tertiary/aromatic N) is 4. The molecule has 2 aliphatic heterocycles. The van der Waals surface area contributed by atoms with Crippen molar-refractivity contribution >= 4 is 56.8 Å². The number of Topliss-reactive ketones (excluding diaryl/α,β-unsaturated/α-hetero) is 3. The number of pyridine rings is 2. The second kappa shape index (κ2) is 27.2. The second-order valence-corrected chi connectivity index (χ2v) is 22.7. The molecule has 2 aromatic heterocycles. The summed E-state index contributed by atoms with van der Waals surface area (Å²) in [7, 11) is 0. The van der Waals surface area contributed by atoms with Crippen molar-refractivity contribution in [2.24, 2.45) is 0 Å². The minimum Gasteiger partial charge on any atom is -0.443 e. The van der Waals surface area contributed by atoms with E-state index in [1.165, 1.54) is 35.1 Å².